The zero-order valence-corrected chi connectivity index (χ0v) is 21.5. The molecule has 1 aromatic carbocycles. The van der Waals surface area contributed by atoms with Crippen LogP contribution in [-0.4, -0.2) is 72.1 Å². The summed E-state index contributed by atoms with van der Waals surface area (Å²) >= 11 is 1.31. The molecule has 1 atom stereocenters. The Kier molecular flexibility index (Phi) is 7.56. The van der Waals surface area contributed by atoms with E-state index in [1.807, 2.05) is 13.0 Å². The number of aliphatic hydroxyl groups excluding tert-OH is 1. The maximum absolute atomic E-state index is 13.9. The Bertz CT molecular complexity index is 1340. The maximum atomic E-state index is 13.9. The standard InChI is InChI=1S/C25H28FN9OS/c1-17(36)15-35-18(2)19(12-31-35)11-23-29-16-30-25(32-23)34-9-7-33(8-10-34)24-27-13-20(14-28-24)37-22-6-4-3-5-21(22)26/h3-6,12-14,16-17,36H,7-11,15H2,1-2H3/t17-/m0/s1. The molecule has 37 heavy (non-hydrogen) atoms. The van der Waals surface area contributed by atoms with Gasteiger partial charge in [0.15, 0.2) is 0 Å². The first-order valence-electron chi connectivity index (χ1n) is 12.1. The predicted molar refractivity (Wildman–Crippen MR) is 138 cm³/mol. The van der Waals surface area contributed by atoms with Crippen LogP contribution in [0.25, 0.3) is 0 Å². The van der Waals surface area contributed by atoms with E-state index in [4.69, 9.17) is 4.98 Å². The van der Waals surface area contributed by atoms with Gasteiger partial charge in [0, 0.05) is 66.0 Å². The molecule has 0 saturated carbocycles. The number of anilines is 2. The van der Waals surface area contributed by atoms with Crippen molar-refractivity contribution in [2.75, 3.05) is 36.0 Å². The van der Waals surface area contributed by atoms with Crippen molar-refractivity contribution in [3.63, 3.8) is 0 Å². The van der Waals surface area contributed by atoms with Crippen LogP contribution in [0.3, 0.4) is 0 Å². The lowest BCUT2D eigenvalue weighted by atomic mass is 10.2. The van der Waals surface area contributed by atoms with Crippen molar-refractivity contribution >= 4 is 23.7 Å². The molecule has 0 unspecified atom stereocenters. The SMILES string of the molecule is Cc1c(Cc2ncnc(N3CCN(c4ncc(Sc5ccccc5F)cn4)CC3)n2)cnn1C[C@H](C)O. The summed E-state index contributed by atoms with van der Waals surface area (Å²) in [6.45, 7) is 7.09. The highest BCUT2D eigenvalue weighted by Gasteiger charge is 2.22. The largest absolute Gasteiger partial charge is 0.391 e. The van der Waals surface area contributed by atoms with E-state index < -0.39 is 6.10 Å². The van der Waals surface area contributed by atoms with Gasteiger partial charge in [-0.1, -0.05) is 23.9 Å². The Labute approximate surface area is 218 Å². The quantitative estimate of drug-likeness (QED) is 0.372. The number of aliphatic hydroxyl groups is 1. The maximum Gasteiger partial charge on any atom is 0.228 e. The second-order valence-electron chi connectivity index (χ2n) is 8.89. The molecule has 1 saturated heterocycles. The minimum absolute atomic E-state index is 0.254. The number of rotatable bonds is 8. The lowest BCUT2D eigenvalue weighted by molar-refractivity contribution is 0.167. The average molecular weight is 522 g/mol. The normalized spacial score (nSPS) is 14.7. The Morgan fingerprint density at radius 1 is 0.973 bits per heavy atom. The smallest absolute Gasteiger partial charge is 0.228 e. The molecule has 4 heterocycles. The van der Waals surface area contributed by atoms with Crippen molar-refractivity contribution in [3.8, 4) is 0 Å². The van der Waals surface area contributed by atoms with E-state index in [0.29, 0.717) is 35.6 Å². The number of nitrogens with zero attached hydrogens (tertiary/aromatic N) is 9. The fourth-order valence-corrected chi connectivity index (χ4v) is 4.88. The van der Waals surface area contributed by atoms with Gasteiger partial charge < -0.3 is 14.9 Å². The number of halogens is 1. The zero-order chi connectivity index (χ0) is 25.8. The lowest BCUT2D eigenvalue weighted by Crippen LogP contribution is -2.47. The van der Waals surface area contributed by atoms with Crippen molar-refractivity contribution in [2.45, 2.75) is 42.7 Å². The molecule has 1 N–H and O–H groups in total. The highest BCUT2D eigenvalue weighted by atomic mass is 32.2. The van der Waals surface area contributed by atoms with Crippen LogP contribution < -0.4 is 9.80 Å². The predicted octanol–water partition coefficient (Wildman–Crippen LogP) is 2.76. The number of hydrogen-bond acceptors (Lipinski definition) is 10. The van der Waals surface area contributed by atoms with Crippen LogP contribution in [0.1, 0.15) is 24.0 Å². The first-order valence-corrected chi connectivity index (χ1v) is 12.9. The topological polar surface area (TPSA) is 109 Å². The fourth-order valence-electron chi connectivity index (χ4n) is 4.11. The van der Waals surface area contributed by atoms with Gasteiger partial charge in [-0.05, 0) is 26.0 Å². The van der Waals surface area contributed by atoms with Crippen LogP contribution in [0, 0.1) is 12.7 Å². The van der Waals surface area contributed by atoms with Crippen LogP contribution in [0.5, 0.6) is 0 Å². The second kappa shape index (κ2) is 11.2. The second-order valence-corrected chi connectivity index (χ2v) is 10.0. The Morgan fingerprint density at radius 2 is 1.68 bits per heavy atom. The number of hydrogen-bond donors (Lipinski definition) is 1. The molecule has 5 rings (SSSR count). The van der Waals surface area contributed by atoms with Crippen LogP contribution in [0.15, 0.2) is 59.0 Å². The van der Waals surface area contributed by atoms with Gasteiger partial charge in [0.2, 0.25) is 11.9 Å². The van der Waals surface area contributed by atoms with Gasteiger partial charge in [-0.15, -0.1) is 0 Å². The summed E-state index contributed by atoms with van der Waals surface area (Å²) in [5.41, 5.74) is 2.02. The summed E-state index contributed by atoms with van der Waals surface area (Å²) in [5.74, 6) is 1.73. The minimum Gasteiger partial charge on any atom is -0.391 e. The molecule has 12 heteroatoms. The summed E-state index contributed by atoms with van der Waals surface area (Å²) in [5, 5.41) is 14.0. The molecule has 4 aromatic rings. The van der Waals surface area contributed by atoms with Crippen molar-refractivity contribution in [3.05, 3.63) is 72.1 Å². The first-order chi connectivity index (χ1) is 18.0. The van der Waals surface area contributed by atoms with E-state index in [1.165, 1.54) is 17.8 Å². The molecule has 1 aliphatic rings. The molecule has 0 aliphatic carbocycles. The van der Waals surface area contributed by atoms with Crippen LogP contribution in [-0.2, 0) is 13.0 Å². The molecule has 1 fully saturated rings. The monoisotopic (exact) mass is 521 g/mol. The van der Waals surface area contributed by atoms with Crippen molar-refractivity contribution < 1.29 is 9.50 Å². The average Bonchev–Trinajstić information content (AvgIpc) is 3.24. The van der Waals surface area contributed by atoms with E-state index in [1.54, 1.807) is 48.7 Å². The molecule has 0 bridgehead atoms. The molecular weight excluding hydrogens is 493 g/mol. The Hall–Kier alpha value is -3.64. The summed E-state index contributed by atoms with van der Waals surface area (Å²) in [7, 11) is 0. The van der Waals surface area contributed by atoms with E-state index in [2.05, 4.69) is 34.8 Å². The Balaban J connectivity index is 1.18. The Morgan fingerprint density at radius 3 is 2.38 bits per heavy atom. The first kappa shape index (κ1) is 25.0. The zero-order valence-electron chi connectivity index (χ0n) is 20.7. The summed E-state index contributed by atoms with van der Waals surface area (Å²) in [4.78, 5) is 28.0. The van der Waals surface area contributed by atoms with E-state index in [-0.39, 0.29) is 5.82 Å². The van der Waals surface area contributed by atoms with Gasteiger partial charge in [0.25, 0.3) is 0 Å². The number of benzene rings is 1. The van der Waals surface area contributed by atoms with Crippen LogP contribution in [0.4, 0.5) is 16.3 Å². The summed E-state index contributed by atoms with van der Waals surface area (Å²) in [6, 6.07) is 6.67. The molecular formula is C25H28FN9OS. The third-order valence-corrected chi connectivity index (χ3v) is 7.12. The molecule has 0 radical (unpaired) electrons. The highest BCUT2D eigenvalue weighted by Crippen LogP contribution is 2.29. The van der Waals surface area contributed by atoms with Gasteiger partial charge in [-0.3, -0.25) is 4.68 Å². The number of piperazine rings is 1. The van der Waals surface area contributed by atoms with Crippen molar-refractivity contribution in [2.24, 2.45) is 0 Å². The molecule has 3 aromatic heterocycles. The third-order valence-electron chi connectivity index (χ3n) is 6.12. The van der Waals surface area contributed by atoms with Gasteiger partial charge in [-0.2, -0.15) is 10.1 Å². The highest BCUT2D eigenvalue weighted by molar-refractivity contribution is 7.99. The summed E-state index contributed by atoms with van der Waals surface area (Å²) < 4.78 is 15.7. The van der Waals surface area contributed by atoms with Gasteiger partial charge >= 0.3 is 0 Å². The molecule has 192 valence electrons. The summed E-state index contributed by atoms with van der Waals surface area (Å²) in [6.07, 6.45) is 6.90. The van der Waals surface area contributed by atoms with Gasteiger partial charge in [0.1, 0.15) is 18.0 Å². The third kappa shape index (κ3) is 6.03. The lowest BCUT2D eigenvalue weighted by Gasteiger charge is -2.34. The van der Waals surface area contributed by atoms with Crippen LogP contribution >= 0.6 is 11.8 Å². The van der Waals surface area contributed by atoms with E-state index >= 15 is 0 Å². The van der Waals surface area contributed by atoms with Crippen LogP contribution in [0.2, 0.25) is 0 Å². The minimum atomic E-state index is -0.463. The van der Waals surface area contributed by atoms with E-state index in [0.717, 1.165) is 42.3 Å². The molecule has 0 spiro atoms. The molecule has 0 amide bonds. The van der Waals surface area contributed by atoms with Gasteiger partial charge in [-0.25, -0.2) is 24.3 Å². The van der Waals surface area contributed by atoms with E-state index in [9.17, 15) is 9.50 Å². The van der Waals surface area contributed by atoms with Crippen molar-refractivity contribution in [1.82, 2.24) is 34.7 Å². The number of aromatic nitrogens is 7. The van der Waals surface area contributed by atoms with Gasteiger partial charge in [0.05, 0.1) is 18.8 Å². The fraction of sp³-hybridized carbons (Fsp3) is 0.360. The molecule has 10 nitrogen and oxygen atoms in total. The van der Waals surface area contributed by atoms with Crippen molar-refractivity contribution in [1.29, 1.82) is 0 Å². The molecule has 1 aliphatic heterocycles.